The SMILES string of the molecule is C=C(CCCCO[N+](=O)[O-])C(=O)Oc1ccc(OC(=O)C[C@@H](O)C[C@@H](O)C=Cc2c(-c3ccc(F)cc3)c3ccccc3n2C(C)C)c(OC)c1. The van der Waals surface area contributed by atoms with Gasteiger partial charge in [0.1, 0.15) is 11.6 Å². The Kier molecular flexibility index (Phi) is 13.5. The van der Waals surface area contributed by atoms with E-state index in [2.05, 4.69) is 16.0 Å². The van der Waals surface area contributed by atoms with E-state index in [0.29, 0.717) is 12.8 Å². The zero-order valence-corrected chi connectivity index (χ0v) is 28.6. The van der Waals surface area contributed by atoms with Crippen molar-refractivity contribution in [1.29, 1.82) is 0 Å². The van der Waals surface area contributed by atoms with Crippen molar-refractivity contribution >= 4 is 28.9 Å². The third-order valence-electron chi connectivity index (χ3n) is 7.92. The van der Waals surface area contributed by atoms with Crippen LogP contribution >= 0.6 is 0 Å². The Morgan fingerprint density at radius 1 is 1.02 bits per heavy atom. The van der Waals surface area contributed by atoms with Crippen LogP contribution in [0, 0.1) is 15.9 Å². The standard InChI is InChI=1S/C38H41FN2O10/c1-24(2)40-32-11-6-5-10-31(32)37(26-12-14-27(39)15-13-26)33(40)18-16-28(42)21-29(43)22-36(44)51-34-19-17-30(23-35(34)48-4)50-38(45)25(3)9-7-8-20-49-41(46)47/h5-6,10-19,23-24,28-29,42-43H,3,7-9,20-22H2,1-2,4H3/t28-,29-/m0/s1. The Hall–Kier alpha value is -5.53. The largest absolute Gasteiger partial charge is 0.493 e. The van der Waals surface area contributed by atoms with Crippen LogP contribution in [0.3, 0.4) is 0 Å². The number of ether oxygens (including phenoxy) is 3. The molecule has 12 nitrogen and oxygen atoms in total. The molecule has 1 aromatic heterocycles. The van der Waals surface area contributed by atoms with Crippen molar-refractivity contribution in [2.24, 2.45) is 0 Å². The molecular weight excluding hydrogens is 663 g/mol. The molecule has 0 saturated carbocycles. The van der Waals surface area contributed by atoms with Gasteiger partial charge in [0, 0.05) is 46.3 Å². The van der Waals surface area contributed by atoms with E-state index in [1.807, 2.05) is 38.1 Å². The molecule has 0 fully saturated rings. The fourth-order valence-corrected chi connectivity index (χ4v) is 5.58. The molecule has 51 heavy (non-hydrogen) atoms. The van der Waals surface area contributed by atoms with Crippen LogP contribution in [0.25, 0.3) is 28.1 Å². The molecule has 3 aromatic carbocycles. The summed E-state index contributed by atoms with van der Waals surface area (Å²) >= 11 is 0. The van der Waals surface area contributed by atoms with Crippen LogP contribution in [-0.2, 0) is 14.4 Å². The molecule has 2 N–H and O–H groups in total. The number of hydrogen-bond acceptors (Lipinski definition) is 10. The number of nitrogens with zero attached hydrogens (tertiary/aromatic N) is 2. The number of halogens is 1. The molecule has 0 aliphatic heterocycles. The van der Waals surface area contributed by atoms with Crippen molar-refractivity contribution in [2.75, 3.05) is 13.7 Å². The van der Waals surface area contributed by atoms with Crippen molar-refractivity contribution in [3.05, 3.63) is 107 Å². The molecule has 0 unspecified atom stereocenters. The fourth-order valence-electron chi connectivity index (χ4n) is 5.58. The maximum absolute atomic E-state index is 13.8. The van der Waals surface area contributed by atoms with Crippen LogP contribution in [0.15, 0.2) is 85.0 Å². The number of aliphatic hydroxyl groups excluding tert-OH is 2. The van der Waals surface area contributed by atoms with Crippen molar-refractivity contribution in [3.8, 4) is 28.4 Å². The smallest absolute Gasteiger partial charge is 0.338 e. The lowest BCUT2D eigenvalue weighted by Gasteiger charge is -2.16. The number of aliphatic hydroxyl groups is 2. The fraction of sp³-hybridized carbons (Fsp3) is 0.316. The molecule has 0 aliphatic rings. The number of aromatic nitrogens is 1. The van der Waals surface area contributed by atoms with Gasteiger partial charge in [-0.05, 0) is 75.1 Å². The average molecular weight is 705 g/mol. The maximum atomic E-state index is 13.8. The van der Waals surface area contributed by atoms with Gasteiger partial charge < -0.3 is 33.8 Å². The van der Waals surface area contributed by atoms with Crippen LogP contribution in [0.4, 0.5) is 4.39 Å². The predicted molar refractivity (Wildman–Crippen MR) is 188 cm³/mol. The molecule has 0 amide bonds. The van der Waals surface area contributed by atoms with Crippen LogP contribution in [0.5, 0.6) is 17.2 Å². The topological polar surface area (TPSA) is 160 Å². The third-order valence-corrected chi connectivity index (χ3v) is 7.92. The maximum Gasteiger partial charge on any atom is 0.338 e. The van der Waals surface area contributed by atoms with E-state index in [1.165, 1.54) is 37.4 Å². The van der Waals surface area contributed by atoms with E-state index >= 15 is 0 Å². The van der Waals surface area contributed by atoms with Crippen molar-refractivity contribution in [3.63, 3.8) is 0 Å². The van der Waals surface area contributed by atoms with E-state index in [9.17, 15) is 34.3 Å². The van der Waals surface area contributed by atoms with Crippen LogP contribution in [-0.4, -0.2) is 57.7 Å². The molecule has 0 bridgehead atoms. The minimum atomic E-state index is -1.24. The first kappa shape index (κ1) is 38.3. The number of methoxy groups -OCH3 is 1. The third kappa shape index (κ3) is 10.5. The first-order chi connectivity index (χ1) is 24.4. The Morgan fingerprint density at radius 2 is 1.75 bits per heavy atom. The van der Waals surface area contributed by atoms with Gasteiger partial charge in [0.2, 0.25) is 0 Å². The highest BCUT2D eigenvalue weighted by atomic mass is 19.1. The normalized spacial score (nSPS) is 12.5. The first-order valence-electron chi connectivity index (χ1n) is 16.4. The summed E-state index contributed by atoms with van der Waals surface area (Å²) in [4.78, 5) is 39.6. The summed E-state index contributed by atoms with van der Waals surface area (Å²) in [5.74, 6) is -1.62. The Balaban J connectivity index is 1.36. The van der Waals surface area contributed by atoms with Crippen LogP contribution in [0.1, 0.15) is 57.7 Å². The van der Waals surface area contributed by atoms with Crippen molar-refractivity contribution < 1.29 is 48.3 Å². The van der Waals surface area contributed by atoms with Crippen molar-refractivity contribution in [1.82, 2.24) is 4.57 Å². The van der Waals surface area contributed by atoms with E-state index in [-0.39, 0.29) is 54.1 Å². The lowest BCUT2D eigenvalue weighted by molar-refractivity contribution is -0.757. The van der Waals surface area contributed by atoms with E-state index in [1.54, 1.807) is 24.3 Å². The zero-order valence-electron chi connectivity index (χ0n) is 28.6. The molecule has 1 heterocycles. The second kappa shape index (κ2) is 17.9. The molecule has 4 rings (SSSR count). The summed E-state index contributed by atoms with van der Waals surface area (Å²) in [6, 6.07) is 18.3. The highest BCUT2D eigenvalue weighted by Crippen LogP contribution is 2.38. The number of unbranched alkanes of at least 4 members (excludes halogenated alkanes) is 1. The van der Waals surface area contributed by atoms with E-state index in [0.717, 1.165) is 27.7 Å². The molecule has 270 valence electrons. The minimum Gasteiger partial charge on any atom is -0.493 e. The van der Waals surface area contributed by atoms with Gasteiger partial charge in [-0.25, -0.2) is 9.18 Å². The number of esters is 2. The summed E-state index contributed by atoms with van der Waals surface area (Å²) in [5, 5.41) is 31.8. The van der Waals surface area contributed by atoms with Gasteiger partial charge >= 0.3 is 11.9 Å². The lowest BCUT2D eigenvalue weighted by Crippen LogP contribution is -2.22. The molecule has 4 aromatic rings. The second-order valence-electron chi connectivity index (χ2n) is 12.1. The zero-order chi connectivity index (χ0) is 37.1. The van der Waals surface area contributed by atoms with Crippen molar-refractivity contribution in [2.45, 2.75) is 64.2 Å². The molecule has 13 heteroatoms. The average Bonchev–Trinajstić information content (AvgIpc) is 3.42. The molecular formula is C38H41FN2O10. The van der Waals surface area contributed by atoms with Crippen LogP contribution < -0.4 is 14.2 Å². The molecule has 0 spiro atoms. The quantitative estimate of drug-likeness (QED) is 0.0276. The Morgan fingerprint density at radius 3 is 2.43 bits per heavy atom. The van der Waals surface area contributed by atoms with E-state index < -0.39 is 35.7 Å². The number of carbonyl (C=O) groups is 2. The van der Waals surface area contributed by atoms with Gasteiger partial charge in [0.25, 0.3) is 5.09 Å². The summed E-state index contributed by atoms with van der Waals surface area (Å²) in [5.41, 5.74) is 3.63. The summed E-state index contributed by atoms with van der Waals surface area (Å²) in [6.45, 7) is 7.69. The molecule has 0 saturated heterocycles. The molecule has 0 radical (unpaired) electrons. The monoisotopic (exact) mass is 704 g/mol. The van der Waals surface area contributed by atoms with Crippen LogP contribution in [0.2, 0.25) is 0 Å². The number of fused-ring (bicyclic) bond motifs is 1. The van der Waals surface area contributed by atoms with Gasteiger partial charge in [-0.2, -0.15) is 0 Å². The number of para-hydroxylation sites is 1. The number of hydrogen-bond donors (Lipinski definition) is 2. The lowest BCUT2D eigenvalue weighted by atomic mass is 10.0. The highest BCUT2D eigenvalue weighted by molar-refractivity contribution is 6.01. The summed E-state index contributed by atoms with van der Waals surface area (Å²) in [6.07, 6.45) is 1.43. The van der Waals surface area contributed by atoms with Gasteiger partial charge in [-0.3, -0.25) is 4.79 Å². The van der Waals surface area contributed by atoms with Gasteiger partial charge in [-0.1, -0.05) is 43.0 Å². The Labute approximate surface area is 294 Å². The van der Waals surface area contributed by atoms with Gasteiger partial charge in [-0.15, -0.1) is 10.1 Å². The van der Waals surface area contributed by atoms with Gasteiger partial charge in [0.05, 0.1) is 32.3 Å². The first-order valence-corrected chi connectivity index (χ1v) is 16.4. The predicted octanol–water partition coefficient (Wildman–Crippen LogP) is 7.00. The molecule has 2 atom stereocenters. The minimum absolute atomic E-state index is 0.0226. The summed E-state index contributed by atoms with van der Waals surface area (Å²) < 4.78 is 31.9. The number of benzene rings is 3. The number of carbonyl (C=O) groups excluding carboxylic acids is 2. The second-order valence-corrected chi connectivity index (χ2v) is 12.1. The molecule has 0 aliphatic carbocycles. The van der Waals surface area contributed by atoms with E-state index in [4.69, 9.17) is 14.2 Å². The summed E-state index contributed by atoms with van der Waals surface area (Å²) in [7, 11) is 1.34. The van der Waals surface area contributed by atoms with Gasteiger partial charge in [0.15, 0.2) is 11.5 Å². The highest BCUT2D eigenvalue weighted by Gasteiger charge is 2.21. The Bertz CT molecular complexity index is 1880. The number of rotatable bonds is 18.